The summed E-state index contributed by atoms with van der Waals surface area (Å²) >= 11 is 0. The number of rotatable bonds is 5. The van der Waals surface area contributed by atoms with Gasteiger partial charge >= 0.3 is 12.0 Å². The Balaban J connectivity index is 1.68. The zero-order valence-corrected chi connectivity index (χ0v) is 15.4. The fraction of sp³-hybridized carbons (Fsp3) is 0.353. The van der Waals surface area contributed by atoms with Crippen molar-refractivity contribution >= 4 is 10.0 Å². The average molecular weight is 419 g/mol. The van der Waals surface area contributed by atoms with Crippen LogP contribution in [-0.4, -0.2) is 38.3 Å². The Bertz CT molecular complexity index is 1000. The molecule has 0 N–H and O–H groups in total. The molecule has 1 atom stereocenters. The number of aryl methyl sites for hydroxylation is 1. The van der Waals surface area contributed by atoms with E-state index in [2.05, 4.69) is 4.74 Å². The summed E-state index contributed by atoms with van der Waals surface area (Å²) in [6, 6.07) is 6.68. The van der Waals surface area contributed by atoms with Gasteiger partial charge in [0, 0.05) is 12.6 Å². The van der Waals surface area contributed by atoms with E-state index in [1.165, 1.54) is 16.4 Å². The van der Waals surface area contributed by atoms with Gasteiger partial charge in [0.1, 0.15) is 23.4 Å². The molecule has 0 amide bonds. The molecule has 1 saturated heterocycles. The Hall–Kier alpha value is -2.53. The lowest BCUT2D eigenvalue weighted by atomic mass is 10.3. The Morgan fingerprint density at radius 3 is 2.43 bits per heavy atom. The van der Waals surface area contributed by atoms with Gasteiger partial charge in [-0.05, 0) is 37.6 Å². The highest BCUT2D eigenvalue weighted by Crippen LogP contribution is 2.27. The molecule has 1 aromatic heterocycles. The molecular formula is C17H16F3NO6S. The van der Waals surface area contributed by atoms with Crippen LogP contribution in [0.4, 0.5) is 13.2 Å². The minimum Gasteiger partial charge on any atom is -0.489 e. The van der Waals surface area contributed by atoms with Crippen molar-refractivity contribution in [1.82, 2.24) is 4.31 Å². The van der Waals surface area contributed by atoms with Gasteiger partial charge in [0.15, 0.2) is 0 Å². The highest BCUT2D eigenvalue weighted by Gasteiger charge is 2.34. The summed E-state index contributed by atoms with van der Waals surface area (Å²) < 4.78 is 77.4. The topological polar surface area (TPSA) is 86.0 Å². The zero-order chi connectivity index (χ0) is 20.5. The van der Waals surface area contributed by atoms with Crippen molar-refractivity contribution in [3.63, 3.8) is 0 Å². The van der Waals surface area contributed by atoms with Crippen LogP contribution in [-0.2, 0) is 10.0 Å². The summed E-state index contributed by atoms with van der Waals surface area (Å²) in [5, 5.41) is 0. The molecule has 1 aliphatic rings. The summed E-state index contributed by atoms with van der Waals surface area (Å²) in [4.78, 5) is 11.2. The lowest BCUT2D eigenvalue weighted by Crippen LogP contribution is -2.31. The first kappa shape index (κ1) is 20.2. The normalized spacial score (nSPS) is 18.2. The number of nitrogens with zero attached hydrogens (tertiary/aromatic N) is 1. The Morgan fingerprint density at radius 2 is 1.82 bits per heavy atom. The molecule has 152 valence electrons. The van der Waals surface area contributed by atoms with Gasteiger partial charge in [0.25, 0.3) is 0 Å². The third kappa shape index (κ3) is 4.84. The van der Waals surface area contributed by atoms with Crippen LogP contribution in [0, 0.1) is 6.92 Å². The minimum atomic E-state index is -4.85. The average Bonchev–Trinajstić information content (AvgIpc) is 3.02. The molecule has 1 aliphatic heterocycles. The molecule has 0 saturated carbocycles. The molecule has 0 spiro atoms. The van der Waals surface area contributed by atoms with Gasteiger partial charge in [-0.1, -0.05) is 0 Å². The molecule has 2 heterocycles. The van der Waals surface area contributed by atoms with Crippen LogP contribution < -0.4 is 15.1 Å². The number of alkyl halides is 3. The van der Waals surface area contributed by atoms with E-state index in [0.29, 0.717) is 12.2 Å². The second-order valence-electron chi connectivity index (χ2n) is 6.13. The molecule has 11 heteroatoms. The maximum Gasteiger partial charge on any atom is 0.573 e. The molecule has 7 nitrogen and oxygen atoms in total. The third-order valence-electron chi connectivity index (χ3n) is 3.97. The van der Waals surface area contributed by atoms with E-state index in [4.69, 9.17) is 9.15 Å². The van der Waals surface area contributed by atoms with E-state index >= 15 is 0 Å². The second kappa shape index (κ2) is 7.47. The number of halogens is 3. The maximum absolute atomic E-state index is 12.7. The van der Waals surface area contributed by atoms with Crippen molar-refractivity contribution in [2.24, 2.45) is 0 Å². The van der Waals surface area contributed by atoms with E-state index in [0.717, 1.165) is 24.3 Å². The first-order chi connectivity index (χ1) is 13.0. The predicted octanol–water partition coefficient (Wildman–Crippen LogP) is 2.69. The molecule has 0 radical (unpaired) electrons. The van der Waals surface area contributed by atoms with E-state index in [9.17, 15) is 26.4 Å². The molecule has 0 aliphatic carbocycles. The van der Waals surface area contributed by atoms with Crippen molar-refractivity contribution in [2.75, 3.05) is 13.1 Å². The number of hydrogen-bond donors (Lipinski definition) is 0. The van der Waals surface area contributed by atoms with Gasteiger partial charge in [-0.3, -0.25) is 0 Å². The van der Waals surface area contributed by atoms with Crippen LogP contribution in [0.2, 0.25) is 0 Å². The van der Waals surface area contributed by atoms with E-state index in [1.54, 1.807) is 6.92 Å². The van der Waals surface area contributed by atoms with E-state index < -0.39 is 33.9 Å². The van der Waals surface area contributed by atoms with Crippen LogP contribution in [0.3, 0.4) is 0 Å². The number of ether oxygens (including phenoxy) is 2. The molecule has 1 unspecified atom stereocenters. The van der Waals surface area contributed by atoms with Crippen LogP contribution >= 0.6 is 0 Å². The smallest absolute Gasteiger partial charge is 0.489 e. The molecule has 28 heavy (non-hydrogen) atoms. The van der Waals surface area contributed by atoms with Gasteiger partial charge in [-0.25, -0.2) is 13.2 Å². The Morgan fingerprint density at radius 1 is 1.14 bits per heavy atom. The van der Waals surface area contributed by atoms with Gasteiger partial charge < -0.3 is 13.9 Å². The number of benzene rings is 1. The van der Waals surface area contributed by atoms with Gasteiger partial charge in [-0.15, -0.1) is 13.2 Å². The molecule has 2 aromatic rings. The van der Waals surface area contributed by atoms with Gasteiger partial charge in [0.05, 0.1) is 17.5 Å². The van der Waals surface area contributed by atoms with Gasteiger partial charge in [0.2, 0.25) is 10.0 Å². The predicted molar refractivity (Wildman–Crippen MR) is 90.6 cm³/mol. The van der Waals surface area contributed by atoms with Crippen LogP contribution in [0.25, 0.3) is 0 Å². The standard InChI is InChI=1S/C17H16F3NO6S/c1-11-8-14(9-16(22)25-11)26-13-6-7-21(10-13)28(23,24)15-4-2-12(3-5-15)27-17(18,19)20/h2-5,8-9,13H,6-7,10H2,1H3. The summed E-state index contributed by atoms with van der Waals surface area (Å²) in [5.74, 6) is 0.144. The monoisotopic (exact) mass is 419 g/mol. The van der Waals surface area contributed by atoms with Crippen molar-refractivity contribution in [3.05, 3.63) is 52.6 Å². The lowest BCUT2D eigenvalue weighted by Gasteiger charge is -2.17. The SMILES string of the molecule is Cc1cc(OC2CCN(S(=O)(=O)c3ccc(OC(F)(F)F)cc3)C2)cc(=O)o1. The molecular weight excluding hydrogens is 403 g/mol. The number of sulfonamides is 1. The molecule has 1 fully saturated rings. The highest BCUT2D eigenvalue weighted by atomic mass is 32.2. The number of hydrogen-bond acceptors (Lipinski definition) is 6. The van der Waals surface area contributed by atoms with Crippen LogP contribution in [0.1, 0.15) is 12.2 Å². The Labute approximate surface area is 158 Å². The zero-order valence-electron chi connectivity index (χ0n) is 14.6. The molecule has 1 aromatic carbocycles. The second-order valence-corrected chi connectivity index (χ2v) is 8.07. The third-order valence-corrected chi connectivity index (χ3v) is 5.85. The summed E-state index contributed by atoms with van der Waals surface area (Å²) in [6.45, 7) is 1.81. The first-order valence-electron chi connectivity index (χ1n) is 8.17. The Kier molecular flexibility index (Phi) is 5.39. The van der Waals surface area contributed by atoms with Crippen molar-refractivity contribution in [3.8, 4) is 11.5 Å². The fourth-order valence-corrected chi connectivity index (χ4v) is 4.30. The summed E-state index contributed by atoms with van der Waals surface area (Å²) in [5.41, 5.74) is -0.571. The van der Waals surface area contributed by atoms with E-state index in [1.807, 2.05) is 0 Å². The van der Waals surface area contributed by atoms with Crippen LogP contribution in [0.15, 0.2) is 50.5 Å². The fourth-order valence-electron chi connectivity index (χ4n) is 2.81. The summed E-state index contributed by atoms with van der Waals surface area (Å²) in [6.07, 6.45) is -4.93. The first-order valence-corrected chi connectivity index (χ1v) is 9.61. The van der Waals surface area contributed by atoms with Crippen LogP contribution in [0.5, 0.6) is 11.5 Å². The minimum absolute atomic E-state index is 0.0441. The van der Waals surface area contributed by atoms with Gasteiger partial charge in [-0.2, -0.15) is 4.31 Å². The molecule has 3 rings (SSSR count). The quantitative estimate of drug-likeness (QED) is 0.741. The highest BCUT2D eigenvalue weighted by molar-refractivity contribution is 7.89. The van der Waals surface area contributed by atoms with Crippen molar-refractivity contribution < 1.29 is 35.5 Å². The largest absolute Gasteiger partial charge is 0.573 e. The lowest BCUT2D eigenvalue weighted by molar-refractivity contribution is -0.274. The molecule has 0 bridgehead atoms. The maximum atomic E-state index is 12.7. The van der Waals surface area contributed by atoms with Crippen molar-refractivity contribution in [1.29, 1.82) is 0 Å². The van der Waals surface area contributed by atoms with E-state index in [-0.39, 0.29) is 23.7 Å². The summed E-state index contributed by atoms with van der Waals surface area (Å²) in [7, 11) is -3.90. The van der Waals surface area contributed by atoms with Crippen molar-refractivity contribution in [2.45, 2.75) is 30.7 Å².